The van der Waals surface area contributed by atoms with E-state index >= 15 is 0 Å². The number of carbonyl (C=O) groups is 2. The van der Waals surface area contributed by atoms with Gasteiger partial charge in [0.05, 0.1) is 11.5 Å². The molecule has 1 amide bonds. The van der Waals surface area contributed by atoms with Crippen molar-refractivity contribution in [1.82, 2.24) is 5.32 Å². The third kappa shape index (κ3) is 5.59. The standard InChI is InChI=1S/C16H20FNO5S/c1-11(16(20)18-14-8-9-24(21,22)10-14)23-15(19)7-4-12-2-5-13(17)6-3-12/h2-3,5-6,11,14H,4,7-10H2,1H3,(H,18,20)/t11-,14+/m1/s1. The zero-order valence-corrected chi connectivity index (χ0v) is 14.1. The molecule has 0 saturated carbocycles. The van der Waals surface area contributed by atoms with Crippen LogP contribution >= 0.6 is 0 Å². The van der Waals surface area contributed by atoms with Crippen molar-refractivity contribution in [2.24, 2.45) is 0 Å². The minimum absolute atomic E-state index is 0.0593. The van der Waals surface area contributed by atoms with Crippen molar-refractivity contribution < 1.29 is 27.1 Å². The first kappa shape index (κ1) is 18.4. The number of hydrogen-bond donors (Lipinski definition) is 1. The number of benzene rings is 1. The van der Waals surface area contributed by atoms with E-state index in [9.17, 15) is 22.4 Å². The molecule has 2 atom stereocenters. The number of sulfone groups is 1. The number of amides is 1. The van der Waals surface area contributed by atoms with Crippen LogP contribution in [0.15, 0.2) is 24.3 Å². The minimum Gasteiger partial charge on any atom is -0.453 e. The Kier molecular flexibility index (Phi) is 5.93. The Morgan fingerprint density at radius 2 is 2.00 bits per heavy atom. The monoisotopic (exact) mass is 357 g/mol. The van der Waals surface area contributed by atoms with Crippen LogP contribution in [0.5, 0.6) is 0 Å². The number of aryl methyl sites for hydroxylation is 1. The topological polar surface area (TPSA) is 89.5 Å². The number of halogens is 1. The van der Waals surface area contributed by atoms with Gasteiger partial charge in [-0.2, -0.15) is 0 Å². The maximum absolute atomic E-state index is 12.8. The normalized spacial score (nSPS) is 20.3. The van der Waals surface area contributed by atoms with Crippen LogP contribution in [0.1, 0.15) is 25.3 Å². The van der Waals surface area contributed by atoms with Gasteiger partial charge in [-0.25, -0.2) is 12.8 Å². The van der Waals surface area contributed by atoms with Gasteiger partial charge in [0.25, 0.3) is 5.91 Å². The number of esters is 1. The lowest BCUT2D eigenvalue weighted by atomic mass is 10.1. The lowest BCUT2D eigenvalue weighted by Crippen LogP contribution is -2.42. The Morgan fingerprint density at radius 1 is 1.33 bits per heavy atom. The van der Waals surface area contributed by atoms with Gasteiger partial charge in [0, 0.05) is 12.5 Å². The van der Waals surface area contributed by atoms with Gasteiger partial charge in [0.2, 0.25) is 0 Å². The summed E-state index contributed by atoms with van der Waals surface area (Å²) in [6.07, 6.45) is -0.164. The fourth-order valence-corrected chi connectivity index (χ4v) is 4.11. The van der Waals surface area contributed by atoms with Crippen molar-refractivity contribution in [1.29, 1.82) is 0 Å². The molecular weight excluding hydrogens is 337 g/mol. The number of carbonyl (C=O) groups excluding carboxylic acids is 2. The van der Waals surface area contributed by atoms with E-state index in [4.69, 9.17) is 4.74 Å². The van der Waals surface area contributed by atoms with E-state index in [0.717, 1.165) is 5.56 Å². The SMILES string of the molecule is C[C@@H](OC(=O)CCc1ccc(F)cc1)C(=O)N[C@H]1CCS(=O)(=O)C1. The molecule has 0 spiro atoms. The Bertz CT molecular complexity index is 702. The summed E-state index contributed by atoms with van der Waals surface area (Å²) < 4.78 is 40.5. The molecule has 24 heavy (non-hydrogen) atoms. The highest BCUT2D eigenvalue weighted by Crippen LogP contribution is 2.12. The molecule has 0 unspecified atom stereocenters. The third-order valence-corrected chi connectivity index (χ3v) is 5.56. The van der Waals surface area contributed by atoms with Gasteiger partial charge in [-0.15, -0.1) is 0 Å². The van der Waals surface area contributed by atoms with Gasteiger partial charge in [0.1, 0.15) is 5.82 Å². The molecular formula is C16H20FNO5S. The molecule has 0 bridgehead atoms. The number of rotatable bonds is 6. The van der Waals surface area contributed by atoms with Gasteiger partial charge >= 0.3 is 5.97 Å². The maximum atomic E-state index is 12.8. The highest BCUT2D eigenvalue weighted by atomic mass is 32.2. The van der Waals surface area contributed by atoms with Gasteiger partial charge < -0.3 is 10.1 Å². The summed E-state index contributed by atoms with van der Waals surface area (Å²) in [5.74, 6) is -1.41. The van der Waals surface area contributed by atoms with Crippen LogP contribution in [0.3, 0.4) is 0 Å². The molecule has 6 nitrogen and oxygen atoms in total. The van der Waals surface area contributed by atoms with E-state index in [-0.39, 0.29) is 23.7 Å². The van der Waals surface area contributed by atoms with E-state index in [1.54, 1.807) is 12.1 Å². The molecule has 132 valence electrons. The summed E-state index contributed by atoms with van der Waals surface area (Å²) in [7, 11) is -3.08. The second-order valence-corrected chi connectivity index (χ2v) is 8.10. The summed E-state index contributed by atoms with van der Waals surface area (Å²) in [4.78, 5) is 23.7. The summed E-state index contributed by atoms with van der Waals surface area (Å²) in [5.41, 5.74) is 0.793. The van der Waals surface area contributed by atoms with Gasteiger partial charge in [-0.3, -0.25) is 9.59 Å². The molecule has 0 radical (unpaired) electrons. The Balaban J connectivity index is 1.74. The molecule has 1 aromatic rings. The summed E-state index contributed by atoms with van der Waals surface area (Å²) in [6.45, 7) is 1.44. The maximum Gasteiger partial charge on any atom is 0.306 e. The molecule has 0 aromatic heterocycles. The average molecular weight is 357 g/mol. The van der Waals surface area contributed by atoms with Crippen LogP contribution in [0.25, 0.3) is 0 Å². The average Bonchev–Trinajstić information content (AvgIpc) is 2.85. The first-order valence-corrected chi connectivity index (χ1v) is 9.52. The number of nitrogens with one attached hydrogen (secondary N) is 1. The van der Waals surface area contributed by atoms with Crippen molar-refractivity contribution in [3.05, 3.63) is 35.6 Å². The van der Waals surface area contributed by atoms with Crippen LogP contribution in [-0.2, 0) is 30.6 Å². The van der Waals surface area contributed by atoms with Gasteiger partial charge in [-0.1, -0.05) is 12.1 Å². The quantitative estimate of drug-likeness (QED) is 0.767. The zero-order chi connectivity index (χ0) is 17.7. The van der Waals surface area contributed by atoms with Gasteiger partial charge in [0.15, 0.2) is 15.9 Å². The molecule has 1 aliphatic heterocycles. The van der Waals surface area contributed by atoms with Crippen LogP contribution in [0.4, 0.5) is 4.39 Å². The molecule has 8 heteroatoms. The summed E-state index contributed by atoms with van der Waals surface area (Å²) in [5, 5.41) is 2.58. The molecule has 1 aliphatic rings. The molecule has 1 fully saturated rings. The van der Waals surface area contributed by atoms with E-state index in [1.807, 2.05) is 0 Å². The highest BCUT2D eigenvalue weighted by molar-refractivity contribution is 7.91. The Labute approximate surface area is 140 Å². The Hall–Kier alpha value is -1.96. The second kappa shape index (κ2) is 7.74. The van der Waals surface area contributed by atoms with E-state index in [2.05, 4.69) is 5.32 Å². The van der Waals surface area contributed by atoms with E-state index < -0.39 is 33.9 Å². The van der Waals surface area contributed by atoms with E-state index in [0.29, 0.717) is 12.8 Å². The predicted molar refractivity (Wildman–Crippen MR) is 85.5 cm³/mol. The Morgan fingerprint density at radius 3 is 2.58 bits per heavy atom. The zero-order valence-electron chi connectivity index (χ0n) is 13.3. The van der Waals surface area contributed by atoms with Crippen LogP contribution < -0.4 is 5.32 Å². The molecule has 1 N–H and O–H groups in total. The molecule has 1 saturated heterocycles. The van der Waals surface area contributed by atoms with Crippen molar-refractivity contribution >= 4 is 21.7 Å². The minimum atomic E-state index is -3.08. The lowest BCUT2D eigenvalue weighted by Gasteiger charge is -2.16. The first-order valence-electron chi connectivity index (χ1n) is 7.70. The number of hydrogen-bond acceptors (Lipinski definition) is 5. The second-order valence-electron chi connectivity index (χ2n) is 5.87. The molecule has 1 heterocycles. The van der Waals surface area contributed by atoms with Gasteiger partial charge in [-0.05, 0) is 37.5 Å². The van der Waals surface area contributed by atoms with E-state index in [1.165, 1.54) is 19.1 Å². The fraction of sp³-hybridized carbons (Fsp3) is 0.500. The predicted octanol–water partition coefficient (Wildman–Crippen LogP) is 0.993. The fourth-order valence-electron chi connectivity index (χ4n) is 2.43. The summed E-state index contributed by atoms with van der Waals surface area (Å²) >= 11 is 0. The molecule has 1 aromatic carbocycles. The summed E-state index contributed by atoms with van der Waals surface area (Å²) in [6, 6.07) is 5.36. The molecule has 0 aliphatic carbocycles. The van der Waals surface area contributed by atoms with Crippen molar-refractivity contribution in [3.8, 4) is 0 Å². The highest BCUT2D eigenvalue weighted by Gasteiger charge is 2.30. The van der Waals surface area contributed by atoms with Crippen LogP contribution in [0, 0.1) is 5.82 Å². The van der Waals surface area contributed by atoms with Crippen LogP contribution in [-0.4, -0.2) is 43.9 Å². The largest absolute Gasteiger partial charge is 0.453 e. The van der Waals surface area contributed by atoms with Crippen molar-refractivity contribution in [3.63, 3.8) is 0 Å². The number of ether oxygens (including phenoxy) is 1. The third-order valence-electron chi connectivity index (χ3n) is 3.79. The van der Waals surface area contributed by atoms with Crippen molar-refractivity contribution in [2.75, 3.05) is 11.5 Å². The molecule has 2 rings (SSSR count). The smallest absolute Gasteiger partial charge is 0.306 e. The van der Waals surface area contributed by atoms with Crippen molar-refractivity contribution in [2.45, 2.75) is 38.3 Å². The lowest BCUT2D eigenvalue weighted by molar-refractivity contribution is -0.155. The van der Waals surface area contributed by atoms with Crippen LogP contribution in [0.2, 0.25) is 0 Å². The first-order chi connectivity index (χ1) is 11.2.